The summed E-state index contributed by atoms with van der Waals surface area (Å²) in [6.45, 7) is 0. The molecule has 0 saturated heterocycles. The van der Waals surface area contributed by atoms with Crippen LogP contribution in [0.2, 0.25) is 0 Å². The van der Waals surface area contributed by atoms with Gasteiger partial charge in [-0.1, -0.05) is 0 Å². The Labute approximate surface area is 115 Å². The maximum absolute atomic E-state index is 13.7. The first-order chi connectivity index (χ1) is 9.42. The van der Waals surface area contributed by atoms with Crippen LogP contribution >= 0.6 is 0 Å². The number of nitrogen functional groups attached to an aromatic ring is 1. The number of sulfone groups is 1. The predicted molar refractivity (Wildman–Crippen MR) is 70.7 cm³/mol. The summed E-state index contributed by atoms with van der Waals surface area (Å²) in [6, 6.07) is 8.05. The lowest BCUT2D eigenvalue weighted by molar-refractivity contribution is 0.567. The van der Waals surface area contributed by atoms with Crippen LogP contribution in [0.4, 0.5) is 10.1 Å². The third-order valence-electron chi connectivity index (χ3n) is 2.59. The second-order valence-electron chi connectivity index (χ2n) is 4.11. The average Bonchev–Trinajstić information content (AvgIpc) is 2.37. The number of halogens is 1. The normalized spacial score (nSPS) is 11.0. The summed E-state index contributed by atoms with van der Waals surface area (Å²) in [6.07, 6.45) is 1.34. The van der Waals surface area contributed by atoms with Crippen molar-refractivity contribution in [1.82, 2.24) is 4.98 Å². The van der Waals surface area contributed by atoms with Gasteiger partial charge in [-0.25, -0.2) is 17.8 Å². The fourth-order valence-corrected chi connectivity index (χ4v) is 3.10. The van der Waals surface area contributed by atoms with Gasteiger partial charge in [0.1, 0.15) is 22.5 Å². The smallest absolute Gasteiger partial charge is 0.185 e. The van der Waals surface area contributed by atoms with E-state index in [0.717, 1.165) is 12.1 Å². The molecule has 0 atom stereocenters. The zero-order chi connectivity index (χ0) is 14.8. The van der Waals surface area contributed by atoms with E-state index in [0.29, 0.717) is 5.56 Å². The van der Waals surface area contributed by atoms with Crippen molar-refractivity contribution in [2.75, 3.05) is 5.73 Å². The molecular formula is C13H10FN3O2S. The number of benzene rings is 1. The lowest BCUT2D eigenvalue weighted by atomic mass is 10.2. The van der Waals surface area contributed by atoms with E-state index in [1.807, 2.05) is 6.07 Å². The molecule has 0 radical (unpaired) electrons. The van der Waals surface area contributed by atoms with Crippen molar-refractivity contribution in [3.8, 4) is 6.07 Å². The molecular weight excluding hydrogens is 281 g/mol. The Morgan fingerprint density at radius 2 is 2.05 bits per heavy atom. The van der Waals surface area contributed by atoms with E-state index >= 15 is 0 Å². The lowest BCUT2D eigenvalue weighted by Gasteiger charge is -2.06. The van der Waals surface area contributed by atoms with Gasteiger partial charge in [-0.2, -0.15) is 5.26 Å². The van der Waals surface area contributed by atoms with Crippen molar-refractivity contribution in [3.05, 3.63) is 53.6 Å². The highest BCUT2D eigenvalue weighted by Gasteiger charge is 2.20. The number of pyridine rings is 1. The third kappa shape index (κ3) is 2.92. The van der Waals surface area contributed by atoms with Crippen LogP contribution in [0.3, 0.4) is 0 Å². The van der Waals surface area contributed by atoms with Crippen molar-refractivity contribution >= 4 is 15.5 Å². The van der Waals surface area contributed by atoms with Crippen LogP contribution < -0.4 is 5.73 Å². The van der Waals surface area contributed by atoms with E-state index in [1.165, 1.54) is 24.4 Å². The molecule has 0 bridgehead atoms. The van der Waals surface area contributed by atoms with Gasteiger partial charge in [-0.3, -0.25) is 0 Å². The first-order valence-corrected chi connectivity index (χ1v) is 7.20. The molecule has 1 aromatic carbocycles. The summed E-state index contributed by atoms with van der Waals surface area (Å²) in [5, 5.41) is 8.72. The molecule has 0 aliphatic carbocycles. The molecule has 1 heterocycles. The lowest BCUT2D eigenvalue weighted by Crippen LogP contribution is -2.08. The third-order valence-corrected chi connectivity index (χ3v) is 4.30. The van der Waals surface area contributed by atoms with Gasteiger partial charge in [0.2, 0.25) is 0 Å². The molecule has 0 aliphatic heterocycles. The SMILES string of the molecule is N#Cc1cc(CS(=O)(=O)c2ccc(N)cc2F)ccn1. The molecule has 0 aliphatic rings. The highest BCUT2D eigenvalue weighted by molar-refractivity contribution is 7.90. The number of nitriles is 1. The number of hydrogen-bond donors (Lipinski definition) is 1. The molecule has 2 aromatic rings. The fourth-order valence-electron chi connectivity index (χ4n) is 1.69. The van der Waals surface area contributed by atoms with E-state index in [4.69, 9.17) is 11.0 Å². The molecule has 0 unspecified atom stereocenters. The Kier molecular flexibility index (Phi) is 3.68. The molecule has 0 saturated carbocycles. The first-order valence-electron chi connectivity index (χ1n) is 5.55. The Morgan fingerprint density at radius 3 is 2.70 bits per heavy atom. The zero-order valence-electron chi connectivity index (χ0n) is 10.2. The first kappa shape index (κ1) is 14.0. The Hall–Kier alpha value is -2.46. The molecule has 102 valence electrons. The highest BCUT2D eigenvalue weighted by Crippen LogP contribution is 2.21. The van der Waals surface area contributed by atoms with Gasteiger partial charge in [0, 0.05) is 11.9 Å². The van der Waals surface area contributed by atoms with E-state index in [2.05, 4.69) is 4.98 Å². The molecule has 0 spiro atoms. The van der Waals surface area contributed by atoms with Crippen LogP contribution in [-0.4, -0.2) is 13.4 Å². The average molecular weight is 291 g/mol. The van der Waals surface area contributed by atoms with Crippen LogP contribution in [0, 0.1) is 17.1 Å². The van der Waals surface area contributed by atoms with Gasteiger partial charge < -0.3 is 5.73 Å². The van der Waals surface area contributed by atoms with Crippen LogP contribution in [0.1, 0.15) is 11.3 Å². The number of hydrogen-bond acceptors (Lipinski definition) is 5. The van der Waals surface area contributed by atoms with Gasteiger partial charge in [-0.05, 0) is 35.9 Å². The molecule has 0 fully saturated rings. The molecule has 0 amide bonds. The molecule has 1 aromatic heterocycles. The Bertz CT molecular complexity index is 798. The van der Waals surface area contributed by atoms with Crippen molar-refractivity contribution in [3.63, 3.8) is 0 Å². The van der Waals surface area contributed by atoms with Gasteiger partial charge in [-0.15, -0.1) is 0 Å². The number of rotatable bonds is 3. The van der Waals surface area contributed by atoms with Crippen LogP contribution in [-0.2, 0) is 15.6 Å². The maximum atomic E-state index is 13.7. The summed E-state index contributed by atoms with van der Waals surface area (Å²) in [5.41, 5.74) is 6.01. The summed E-state index contributed by atoms with van der Waals surface area (Å²) in [7, 11) is -3.85. The molecule has 5 nitrogen and oxygen atoms in total. The quantitative estimate of drug-likeness (QED) is 0.867. The highest BCUT2D eigenvalue weighted by atomic mass is 32.2. The molecule has 2 N–H and O–H groups in total. The predicted octanol–water partition coefficient (Wildman–Crippen LogP) is 1.65. The van der Waals surface area contributed by atoms with E-state index in [1.54, 1.807) is 0 Å². The monoisotopic (exact) mass is 291 g/mol. The minimum atomic E-state index is -3.85. The van der Waals surface area contributed by atoms with Gasteiger partial charge in [0.25, 0.3) is 0 Å². The van der Waals surface area contributed by atoms with Crippen LogP contribution in [0.25, 0.3) is 0 Å². The van der Waals surface area contributed by atoms with Crippen molar-refractivity contribution in [2.24, 2.45) is 0 Å². The Morgan fingerprint density at radius 1 is 1.30 bits per heavy atom. The van der Waals surface area contributed by atoms with Crippen molar-refractivity contribution < 1.29 is 12.8 Å². The van der Waals surface area contributed by atoms with E-state index in [9.17, 15) is 12.8 Å². The van der Waals surface area contributed by atoms with E-state index in [-0.39, 0.29) is 11.4 Å². The van der Waals surface area contributed by atoms with Gasteiger partial charge >= 0.3 is 0 Å². The van der Waals surface area contributed by atoms with Crippen LogP contribution in [0.15, 0.2) is 41.4 Å². The fraction of sp³-hybridized carbons (Fsp3) is 0.0769. The number of nitrogens with two attached hydrogens (primary N) is 1. The molecule has 7 heteroatoms. The largest absolute Gasteiger partial charge is 0.399 e. The number of anilines is 1. The molecule has 20 heavy (non-hydrogen) atoms. The summed E-state index contributed by atoms with van der Waals surface area (Å²) in [4.78, 5) is 3.33. The van der Waals surface area contributed by atoms with Gasteiger partial charge in [0.15, 0.2) is 9.84 Å². The second kappa shape index (κ2) is 5.27. The van der Waals surface area contributed by atoms with Gasteiger partial charge in [0.05, 0.1) is 5.75 Å². The second-order valence-corrected chi connectivity index (χ2v) is 6.07. The van der Waals surface area contributed by atoms with Crippen LogP contribution in [0.5, 0.6) is 0 Å². The topological polar surface area (TPSA) is 96.8 Å². The standard InChI is InChI=1S/C13H10FN3O2S/c14-12-6-10(16)1-2-13(12)20(18,19)8-9-3-4-17-11(5-9)7-15/h1-6H,8,16H2. The minimum Gasteiger partial charge on any atom is -0.399 e. The van der Waals surface area contributed by atoms with Crippen molar-refractivity contribution in [2.45, 2.75) is 10.6 Å². The van der Waals surface area contributed by atoms with E-state index < -0.39 is 26.3 Å². The minimum absolute atomic E-state index is 0.107. The summed E-state index contributed by atoms with van der Waals surface area (Å²) in [5.74, 6) is -1.30. The zero-order valence-corrected chi connectivity index (χ0v) is 11.1. The molecule has 2 rings (SSSR count). The number of nitrogens with zero attached hydrogens (tertiary/aromatic N) is 2. The van der Waals surface area contributed by atoms with Crippen molar-refractivity contribution in [1.29, 1.82) is 5.26 Å². The summed E-state index contributed by atoms with van der Waals surface area (Å²) >= 11 is 0. The summed E-state index contributed by atoms with van der Waals surface area (Å²) < 4.78 is 38.0. The maximum Gasteiger partial charge on any atom is 0.185 e. The Balaban J connectivity index is 2.38. The number of aromatic nitrogens is 1.